The Bertz CT molecular complexity index is 812. The number of hydrogen-bond donors (Lipinski definition) is 1. The van der Waals surface area contributed by atoms with Crippen LogP contribution in [-0.2, 0) is 9.53 Å². The molecule has 2 saturated heterocycles. The molecule has 6 nitrogen and oxygen atoms in total. The number of halogens is 1. The van der Waals surface area contributed by atoms with E-state index in [-0.39, 0.29) is 12.0 Å². The molecule has 140 valence electrons. The van der Waals surface area contributed by atoms with Crippen LogP contribution in [0.3, 0.4) is 0 Å². The van der Waals surface area contributed by atoms with Gasteiger partial charge in [-0.3, -0.25) is 9.69 Å². The lowest BCUT2D eigenvalue weighted by Crippen LogP contribution is -2.47. The molecule has 0 aliphatic carbocycles. The van der Waals surface area contributed by atoms with E-state index in [1.54, 1.807) is 30.3 Å². The molecule has 4 rings (SSSR count). The minimum atomic E-state index is -0.00973. The fraction of sp³-hybridized carbons (Fsp3) is 0.556. The molecule has 2 aromatic rings. The Balaban J connectivity index is 1.36. The third-order valence-corrected chi connectivity index (χ3v) is 6.25. The number of carbonyl (C=O) groups excluding carboxylic acids is 1. The lowest BCUT2D eigenvalue weighted by molar-refractivity contribution is -0.134. The molecule has 0 saturated carbocycles. The fourth-order valence-electron chi connectivity index (χ4n) is 3.68. The van der Waals surface area contributed by atoms with Crippen molar-refractivity contribution in [3.05, 3.63) is 23.2 Å². The Labute approximate surface area is 162 Å². The van der Waals surface area contributed by atoms with E-state index in [0.717, 1.165) is 39.9 Å². The topological polar surface area (TPSA) is 57.7 Å². The van der Waals surface area contributed by atoms with Gasteiger partial charge in [0, 0.05) is 44.3 Å². The van der Waals surface area contributed by atoms with Gasteiger partial charge < -0.3 is 15.0 Å². The molecule has 26 heavy (non-hydrogen) atoms. The zero-order valence-corrected chi connectivity index (χ0v) is 16.5. The van der Waals surface area contributed by atoms with Gasteiger partial charge in [-0.05, 0) is 24.6 Å². The summed E-state index contributed by atoms with van der Waals surface area (Å²) in [6.07, 6.45) is 1.47. The van der Waals surface area contributed by atoms with Crippen molar-refractivity contribution in [2.24, 2.45) is 0 Å². The monoisotopic (exact) mass is 394 g/mol. The van der Waals surface area contributed by atoms with Crippen molar-refractivity contribution in [1.82, 2.24) is 14.8 Å². The van der Waals surface area contributed by atoms with E-state index in [4.69, 9.17) is 16.3 Å². The SMILES string of the molecule is CN(C)C(=O)C[C@H]1CN2C[C@@H](Nc3nc4ccc(Cl)cc4s3)C[C@H]2CO1. The molecule has 2 fully saturated rings. The van der Waals surface area contributed by atoms with Gasteiger partial charge in [0.05, 0.1) is 29.3 Å². The van der Waals surface area contributed by atoms with Crippen molar-refractivity contribution in [3.63, 3.8) is 0 Å². The van der Waals surface area contributed by atoms with Crippen LogP contribution in [0.4, 0.5) is 5.13 Å². The second-order valence-corrected chi connectivity index (χ2v) is 8.73. The first-order valence-electron chi connectivity index (χ1n) is 8.86. The highest BCUT2D eigenvalue weighted by molar-refractivity contribution is 7.22. The van der Waals surface area contributed by atoms with Crippen LogP contribution >= 0.6 is 22.9 Å². The van der Waals surface area contributed by atoms with E-state index >= 15 is 0 Å². The summed E-state index contributed by atoms with van der Waals surface area (Å²) in [6.45, 7) is 2.47. The summed E-state index contributed by atoms with van der Waals surface area (Å²) >= 11 is 7.70. The number of benzene rings is 1. The number of thiazole rings is 1. The van der Waals surface area contributed by atoms with E-state index in [9.17, 15) is 4.79 Å². The molecule has 1 aromatic heterocycles. The van der Waals surface area contributed by atoms with Gasteiger partial charge in [-0.1, -0.05) is 22.9 Å². The summed E-state index contributed by atoms with van der Waals surface area (Å²) in [7, 11) is 3.57. The molecule has 2 aliphatic heterocycles. The van der Waals surface area contributed by atoms with E-state index in [0.29, 0.717) is 25.1 Å². The number of rotatable bonds is 4. The first-order chi connectivity index (χ1) is 12.5. The molecular weight excluding hydrogens is 372 g/mol. The lowest BCUT2D eigenvalue weighted by atomic mass is 10.1. The molecular formula is C18H23ClN4O2S. The molecule has 1 amide bonds. The minimum Gasteiger partial charge on any atom is -0.375 e. The summed E-state index contributed by atoms with van der Waals surface area (Å²) in [6, 6.07) is 6.55. The predicted octanol–water partition coefficient (Wildman–Crippen LogP) is 2.68. The number of hydrogen-bond acceptors (Lipinski definition) is 6. The van der Waals surface area contributed by atoms with Gasteiger partial charge in [-0.2, -0.15) is 0 Å². The van der Waals surface area contributed by atoms with Crippen LogP contribution in [-0.4, -0.2) is 72.7 Å². The molecule has 0 radical (unpaired) electrons. The third-order valence-electron chi connectivity index (χ3n) is 5.07. The van der Waals surface area contributed by atoms with Gasteiger partial charge >= 0.3 is 0 Å². The third kappa shape index (κ3) is 3.81. The molecule has 3 atom stereocenters. The molecule has 0 unspecified atom stereocenters. The van der Waals surface area contributed by atoms with E-state index < -0.39 is 0 Å². The highest BCUT2D eigenvalue weighted by Gasteiger charge is 2.38. The average molecular weight is 395 g/mol. The Morgan fingerprint density at radius 2 is 2.31 bits per heavy atom. The van der Waals surface area contributed by atoms with E-state index in [1.165, 1.54) is 0 Å². The standard InChI is InChI=1S/C18H23ClN4O2S/c1-22(2)17(24)7-14-9-23-8-12(6-13(23)10-25-14)20-18-21-15-4-3-11(19)5-16(15)26-18/h3-5,12-14H,6-10H2,1-2H3,(H,20,21)/t12-,13-,14-/m0/s1. The molecule has 1 aromatic carbocycles. The lowest BCUT2D eigenvalue weighted by Gasteiger charge is -2.35. The number of carbonyl (C=O) groups is 1. The van der Waals surface area contributed by atoms with Crippen LogP contribution in [0.15, 0.2) is 18.2 Å². The summed E-state index contributed by atoms with van der Waals surface area (Å²) in [4.78, 5) is 20.6. The van der Waals surface area contributed by atoms with Crippen LogP contribution in [0.5, 0.6) is 0 Å². The number of ether oxygens (including phenoxy) is 1. The van der Waals surface area contributed by atoms with Gasteiger partial charge in [-0.15, -0.1) is 0 Å². The normalized spacial score (nSPS) is 26.0. The number of nitrogens with one attached hydrogen (secondary N) is 1. The molecule has 0 bridgehead atoms. The molecule has 2 aliphatic rings. The summed E-state index contributed by atoms with van der Waals surface area (Å²) in [5, 5.41) is 5.25. The first kappa shape index (κ1) is 18.0. The van der Waals surface area contributed by atoms with Crippen molar-refractivity contribution in [1.29, 1.82) is 0 Å². The number of fused-ring (bicyclic) bond motifs is 2. The number of aromatic nitrogens is 1. The van der Waals surface area contributed by atoms with Crippen molar-refractivity contribution in [2.75, 3.05) is 39.1 Å². The van der Waals surface area contributed by atoms with Gasteiger partial charge in [0.1, 0.15) is 0 Å². The van der Waals surface area contributed by atoms with Crippen molar-refractivity contribution in [3.8, 4) is 0 Å². The number of nitrogens with zero attached hydrogens (tertiary/aromatic N) is 3. The summed E-state index contributed by atoms with van der Waals surface area (Å²) < 4.78 is 7.03. The number of anilines is 1. The van der Waals surface area contributed by atoms with Crippen molar-refractivity contribution < 1.29 is 9.53 Å². The predicted molar refractivity (Wildman–Crippen MR) is 105 cm³/mol. The van der Waals surface area contributed by atoms with Crippen LogP contribution in [0.2, 0.25) is 5.02 Å². The maximum Gasteiger partial charge on any atom is 0.224 e. The average Bonchev–Trinajstić information content (AvgIpc) is 3.16. The zero-order chi connectivity index (χ0) is 18.3. The number of morpholine rings is 1. The Morgan fingerprint density at radius 3 is 3.12 bits per heavy atom. The molecule has 8 heteroatoms. The molecule has 3 heterocycles. The highest BCUT2D eigenvalue weighted by Crippen LogP contribution is 2.31. The largest absolute Gasteiger partial charge is 0.375 e. The van der Waals surface area contributed by atoms with Gasteiger partial charge in [0.15, 0.2) is 5.13 Å². The Morgan fingerprint density at radius 1 is 1.46 bits per heavy atom. The van der Waals surface area contributed by atoms with Crippen LogP contribution in [0.1, 0.15) is 12.8 Å². The Kier molecular flexibility index (Phi) is 5.05. The summed E-state index contributed by atoms with van der Waals surface area (Å²) in [5.41, 5.74) is 0.975. The second kappa shape index (κ2) is 7.31. The number of amides is 1. The molecule has 0 spiro atoms. The van der Waals surface area contributed by atoms with Gasteiger partial charge in [0.25, 0.3) is 0 Å². The quantitative estimate of drug-likeness (QED) is 0.864. The van der Waals surface area contributed by atoms with E-state index in [1.807, 2.05) is 18.2 Å². The van der Waals surface area contributed by atoms with Crippen molar-refractivity contribution >= 4 is 44.2 Å². The highest BCUT2D eigenvalue weighted by atomic mass is 35.5. The van der Waals surface area contributed by atoms with Crippen LogP contribution in [0.25, 0.3) is 10.2 Å². The van der Waals surface area contributed by atoms with E-state index in [2.05, 4.69) is 15.2 Å². The summed E-state index contributed by atoms with van der Waals surface area (Å²) in [5.74, 6) is 0.121. The van der Waals surface area contributed by atoms with Gasteiger partial charge in [-0.25, -0.2) is 4.98 Å². The molecule has 1 N–H and O–H groups in total. The second-order valence-electron chi connectivity index (χ2n) is 7.26. The zero-order valence-electron chi connectivity index (χ0n) is 14.9. The fourth-order valence-corrected chi connectivity index (χ4v) is 4.90. The maximum absolute atomic E-state index is 11.9. The maximum atomic E-state index is 11.9. The van der Waals surface area contributed by atoms with Gasteiger partial charge in [0.2, 0.25) is 5.91 Å². The minimum absolute atomic E-state index is 0.00973. The Hall–Kier alpha value is -1.41. The smallest absolute Gasteiger partial charge is 0.224 e. The first-order valence-corrected chi connectivity index (χ1v) is 10.1. The van der Waals surface area contributed by atoms with Crippen molar-refractivity contribution in [2.45, 2.75) is 31.0 Å². The van der Waals surface area contributed by atoms with Crippen LogP contribution < -0.4 is 5.32 Å². The van der Waals surface area contributed by atoms with Crippen LogP contribution in [0, 0.1) is 0 Å².